The predicted molar refractivity (Wildman–Crippen MR) is 64.1 cm³/mol. The lowest BCUT2D eigenvalue weighted by Crippen LogP contribution is -2.60. The van der Waals surface area contributed by atoms with E-state index in [0.29, 0.717) is 6.61 Å². The minimum Gasteiger partial charge on any atom is -0.465 e. The topological polar surface area (TPSA) is 55.6 Å². The Kier molecular flexibility index (Phi) is 4.74. The zero-order chi connectivity index (χ0) is 12.2. The highest BCUT2D eigenvalue weighted by atomic mass is 16.5. The van der Waals surface area contributed by atoms with E-state index >= 15 is 0 Å². The maximum atomic E-state index is 11.7. The Morgan fingerprint density at radius 3 is 2.44 bits per heavy atom. The number of esters is 1. The van der Waals surface area contributed by atoms with Crippen molar-refractivity contribution in [3.8, 4) is 0 Å². The second kappa shape index (κ2) is 5.64. The fraction of sp³-hybridized carbons (Fsp3) is 0.917. The van der Waals surface area contributed by atoms with Crippen LogP contribution in [-0.2, 0) is 9.53 Å². The molecule has 1 rings (SSSR count). The predicted octanol–water partition coefficient (Wildman–Crippen LogP) is 1.14. The van der Waals surface area contributed by atoms with Gasteiger partial charge in [0.25, 0.3) is 0 Å². The Labute approximate surface area is 98.1 Å². The largest absolute Gasteiger partial charge is 0.465 e. The number of likely N-dealkylation sites (tertiary alicyclic amines) is 1. The van der Waals surface area contributed by atoms with Gasteiger partial charge in [0.2, 0.25) is 0 Å². The number of nitrogens with two attached hydrogens (primary N) is 1. The Balaban J connectivity index is 2.73. The lowest BCUT2D eigenvalue weighted by Gasteiger charge is -2.41. The Bertz CT molecular complexity index is 239. The van der Waals surface area contributed by atoms with Crippen LogP contribution in [0.4, 0.5) is 0 Å². The van der Waals surface area contributed by atoms with Crippen LogP contribution in [0, 0.1) is 0 Å². The SMILES string of the molecule is CCOC(=O)[C@@H](N)[C@](C)(CC)N1CCCC1. The number of hydrogen-bond acceptors (Lipinski definition) is 4. The van der Waals surface area contributed by atoms with Gasteiger partial charge in [0.05, 0.1) is 6.61 Å². The normalized spacial score (nSPS) is 22.8. The van der Waals surface area contributed by atoms with Gasteiger partial charge in [-0.3, -0.25) is 9.69 Å². The zero-order valence-electron chi connectivity index (χ0n) is 10.7. The first-order valence-electron chi connectivity index (χ1n) is 6.23. The van der Waals surface area contributed by atoms with E-state index in [4.69, 9.17) is 10.5 Å². The maximum absolute atomic E-state index is 11.7. The van der Waals surface area contributed by atoms with Crippen molar-refractivity contribution < 1.29 is 9.53 Å². The van der Waals surface area contributed by atoms with Gasteiger partial charge in [-0.15, -0.1) is 0 Å². The van der Waals surface area contributed by atoms with E-state index < -0.39 is 6.04 Å². The molecule has 1 aliphatic heterocycles. The number of ether oxygens (including phenoxy) is 1. The molecule has 0 aliphatic carbocycles. The molecule has 0 aromatic rings. The van der Waals surface area contributed by atoms with Gasteiger partial charge in [-0.25, -0.2) is 0 Å². The van der Waals surface area contributed by atoms with Crippen molar-refractivity contribution in [2.24, 2.45) is 5.73 Å². The minimum atomic E-state index is -0.546. The van der Waals surface area contributed by atoms with Gasteiger partial charge in [0.1, 0.15) is 6.04 Å². The third-order valence-corrected chi connectivity index (χ3v) is 3.75. The van der Waals surface area contributed by atoms with Crippen LogP contribution in [0.3, 0.4) is 0 Å². The number of hydrogen-bond donors (Lipinski definition) is 1. The van der Waals surface area contributed by atoms with Crippen LogP contribution in [0.2, 0.25) is 0 Å². The van der Waals surface area contributed by atoms with Crippen LogP contribution < -0.4 is 5.73 Å². The molecule has 1 aliphatic rings. The van der Waals surface area contributed by atoms with E-state index in [1.165, 1.54) is 12.8 Å². The van der Waals surface area contributed by atoms with E-state index in [2.05, 4.69) is 18.7 Å². The number of nitrogens with zero attached hydrogens (tertiary/aromatic N) is 1. The Hall–Kier alpha value is -0.610. The second-order valence-electron chi connectivity index (χ2n) is 4.63. The lowest BCUT2D eigenvalue weighted by molar-refractivity contribution is -0.148. The van der Waals surface area contributed by atoms with Crippen molar-refractivity contribution in [2.75, 3.05) is 19.7 Å². The summed E-state index contributed by atoms with van der Waals surface area (Å²) in [4.78, 5) is 14.1. The molecule has 2 atom stereocenters. The summed E-state index contributed by atoms with van der Waals surface area (Å²) in [6.45, 7) is 8.43. The number of rotatable bonds is 5. The van der Waals surface area contributed by atoms with Gasteiger partial charge in [-0.05, 0) is 46.2 Å². The highest BCUT2D eigenvalue weighted by molar-refractivity contribution is 5.77. The zero-order valence-corrected chi connectivity index (χ0v) is 10.7. The van der Waals surface area contributed by atoms with Crippen molar-refractivity contribution in [3.63, 3.8) is 0 Å². The van der Waals surface area contributed by atoms with Gasteiger partial charge < -0.3 is 10.5 Å². The molecule has 4 nitrogen and oxygen atoms in total. The minimum absolute atomic E-state index is 0.261. The average molecular weight is 228 g/mol. The third kappa shape index (κ3) is 2.55. The standard InChI is InChI=1S/C12H24N2O2/c1-4-12(3,14-8-6-7-9-14)10(13)11(15)16-5-2/h10H,4-9,13H2,1-3H3/t10-,12+/m1/s1. The van der Waals surface area contributed by atoms with E-state index in [0.717, 1.165) is 19.5 Å². The van der Waals surface area contributed by atoms with Crippen molar-refractivity contribution in [2.45, 2.75) is 51.6 Å². The highest BCUT2D eigenvalue weighted by Gasteiger charge is 2.41. The van der Waals surface area contributed by atoms with Crippen LogP contribution >= 0.6 is 0 Å². The monoisotopic (exact) mass is 228 g/mol. The first-order valence-corrected chi connectivity index (χ1v) is 6.23. The van der Waals surface area contributed by atoms with Crippen molar-refractivity contribution >= 4 is 5.97 Å². The summed E-state index contributed by atoms with van der Waals surface area (Å²) in [6.07, 6.45) is 3.27. The average Bonchev–Trinajstić information content (AvgIpc) is 2.81. The molecule has 0 bridgehead atoms. The molecule has 1 heterocycles. The highest BCUT2D eigenvalue weighted by Crippen LogP contribution is 2.27. The first-order chi connectivity index (χ1) is 7.56. The number of carbonyl (C=O) groups is 1. The van der Waals surface area contributed by atoms with E-state index in [1.807, 2.05) is 6.92 Å². The quantitative estimate of drug-likeness (QED) is 0.717. The number of carbonyl (C=O) groups excluding carboxylic acids is 1. The van der Waals surface area contributed by atoms with E-state index in [9.17, 15) is 4.79 Å². The molecule has 0 aromatic heterocycles. The molecule has 2 N–H and O–H groups in total. The smallest absolute Gasteiger partial charge is 0.324 e. The van der Waals surface area contributed by atoms with Gasteiger partial charge in [-0.2, -0.15) is 0 Å². The summed E-state index contributed by atoms with van der Waals surface area (Å²) < 4.78 is 5.02. The third-order valence-electron chi connectivity index (χ3n) is 3.75. The summed E-state index contributed by atoms with van der Waals surface area (Å²) in [5.41, 5.74) is 5.79. The van der Waals surface area contributed by atoms with Crippen LogP contribution in [0.15, 0.2) is 0 Å². The molecule has 1 fully saturated rings. The van der Waals surface area contributed by atoms with E-state index in [-0.39, 0.29) is 11.5 Å². The molecular weight excluding hydrogens is 204 g/mol. The van der Waals surface area contributed by atoms with Gasteiger partial charge in [0, 0.05) is 5.54 Å². The second-order valence-corrected chi connectivity index (χ2v) is 4.63. The van der Waals surface area contributed by atoms with Crippen LogP contribution in [0.25, 0.3) is 0 Å². The molecule has 0 amide bonds. The molecule has 0 radical (unpaired) electrons. The van der Waals surface area contributed by atoms with Gasteiger partial charge in [0.15, 0.2) is 0 Å². The van der Waals surface area contributed by atoms with E-state index in [1.54, 1.807) is 0 Å². The summed E-state index contributed by atoms with van der Waals surface area (Å²) in [5.74, 6) is -0.279. The summed E-state index contributed by atoms with van der Waals surface area (Å²) in [5, 5.41) is 0. The lowest BCUT2D eigenvalue weighted by atomic mass is 9.88. The fourth-order valence-electron chi connectivity index (χ4n) is 2.35. The Morgan fingerprint density at radius 1 is 1.44 bits per heavy atom. The first kappa shape index (κ1) is 13.5. The van der Waals surface area contributed by atoms with Crippen LogP contribution in [0.5, 0.6) is 0 Å². The molecule has 94 valence electrons. The van der Waals surface area contributed by atoms with Gasteiger partial charge in [-0.1, -0.05) is 6.92 Å². The molecule has 0 spiro atoms. The molecule has 4 heteroatoms. The van der Waals surface area contributed by atoms with Crippen molar-refractivity contribution in [1.29, 1.82) is 0 Å². The molecule has 0 saturated carbocycles. The van der Waals surface area contributed by atoms with Crippen LogP contribution in [0.1, 0.15) is 40.0 Å². The molecule has 16 heavy (non-hydrogen) atoms. The molecular formula is C12H24N2O2. The maximum Gasteiger partial charge on any atom is 0.324 e. The summed E-state index contributed by atoms with van der Waals surface area (Å²) in [6, 6.07) is -0.546. The van der Waals surface area contributed by atoms with Gasteiger partial charge >= 0.3 is 5.97 Å². The van der Waals surface area contributed by atoms with Crippen LogP contribution in [-0.4, -0.2) is 42.1 Å². The van der Waals surface area contributed by atoms with Crippen molar-refractivity contribution in [3.05, 3.63) is 0 Å². The van der Waals surface area contributed by atoms with Crippen molar-refractivity contribution in [1.82, 2.24) is 4.90 Å². The summed E-state index contributed by atoms with van der Waals surface area (Å²) >= 11 is 0. The fourth-order valence-corrected chi connectivity index (χ4v) is 2.35. The molecule has 0 aromatic carbocycles. The molecule has 1 saturated heterocycles. The Morgan fingerprint density at radius 2 is 2.00 bits per heavy atom. The summed E-state index contributed by atoms with van der Waals surface area (Å²) in [7, 11) is 0. The molecule has 0 unspecified atom stereocenters.